The third-order valence-electron chi connectivity index (χ3n) is 5.21. The van der Waals surface area contributed by atoms with Crippen LogP contribution < -0.4 is 0 Å². The Labute approximate surface area is 143 Å². The highest BCUT2D eigenvalue weighted by Gasteiger charge is 2.41. The maximum atomic E-state index is 11.9. The van der Waals surface area contributed by atoms with Gasteiger partial charge >= 0.3 is 5.97 Å². The quantitative estimate of drug-likeness (QED) is 0.882. The molecular formula is C21H25NO2. The van der Waals surface area contributed by atoms with Gasteiger partial charge in [-0.3, -0.25) is 4.79 Å². The average molecular weight is 323 g/mol. The minimum atomic E-state index is -0.644. The summed E-state index contributed by atoms with van der Waals surface area (Å²) in [5, 5.41) is 9.83. The molecule has 3 nitrogen and oxygen atoms in total. The SMILES string of the molecule is O=C(O)C1(Cc2ccccc2)CCN(CCc2ccccc2)CC1. The molecule has 0 spiro atoms. The number of carboxylic acid groups (broad SMARTS) is 1. The molecule has 0 bridgehead atoms. The molecule has 1 aliphatic rings. The minimum Gasteiger partial charge on any atom is -0.481 e. The highest BCUT2D eigenvalue weighted by molar-refractivity contribution is 5.75. The summed E-state index contributed by atoms with van der Waals surface area (Å²) in [6.45, 7) is 2.74. The van der Waals surface area contributed by atoms with E-state index in [0.717, 1.165) is 44.5 Å². The van der Waals surface area contributed by atoms with E-state index in [1.807, 2.05) is 36.4 Å². The Kier molecular flexibility index (Phi) is 5.31. The van der Waals surface area contributed by atoms with Crippen LogP contribution in [0.3, 0.4) is 0 Å². The van der Waals surface area contributed by atoms with Crippen molar-refractivity contribution in [3.05, 3.63) is 71.8 Å². The van der Waals surface area contributed by atoms with E-state index in [4.69, 9.17) is 0 Å². The van der Waals surface area contributed by atoms with Crippen LogP contribution in [0.1, 0.15) is 24.0 Å². The van der Waals surface area contributed by atoms with Gasteiger partial charge in [-0.25, -0.2) is 0 Å². The number of likely N-dealkylation sites (tertiary alicyclic amines) is 1. The molecule has 0 unspecified atom stereocenters. The zero-order valence-electron chi connectivity index (χ0n) is 14.0. The molecule has 1 heterocycles. The summed E-state index contributed by atoms with van der Waals surface area (Å²) in [4.78, 5) is 14.4. The first-order valence-corrected chi connectivity index (χ1v) is 8.72. The Morgan fingerprint density at radius 3 is 2.00 bits per heavy atom. The van der Waals surface area contributed by atoms with Crippen LogP contribution >= 0.6 is 0 Å². The standard InChI is InChI=1S/C21H25NO2/c23-20(24)21(17-19-9-5-2-6-10-19)12-15-22(16-13-21)14-11-18-7-3-1-4-8-18/h1-10H,11-17H2,(H,23,24). The van der Waals surface area contributed by atoms with Gasteiger partial charge in [-0.15, -0.1) is 0 Å². The first-order chi connectivity index (χ1) is 11.7. The van der Waals surface area contributed by atoms with Gasteiger partial charge in [0, 0.05) is 6.54 Å². The predicted octanol–water partition coefficient (Wildman–Crippen LogP) is 3.64. The van der Waals surface area contributed by atoms with E-state index in [1.54, 1.807) is 0 Å². The summed E-state index contributed by atoms with van der Waals surface area (Å²) in [7, 11) is 0. The molecular weight excluding hydrogens is 298 g/mol. The van der Waals surface area contributed by atoms with Crippen LogP contribution in [-0.2, 0) is 17.6 Å². The van der Waals surface area contributed by atoms with Gasteiger partial charge in [-0.2, -0.15) is 0 Å². The zero-order chi connectivity index (χ0) is 16.8. The summed E-state index contributed by atoms with van der Waals surface area (Å²) in [5.74, 6) is -0.644. The second-order valence-corrected chi connectivity index (χ2v) is 6.83. The number of rotatable bonds is 6. The van der Waals surface area contributed by atoms with Gasteiger partial charge in [0.15, 0.2) is 0 Å². The molecule has 2 aromatic rings. The Bertz CT molecular complexity index is 646. The van der Waals surface area contributed by atoms with Gasteiger partial charge < -0.3 is 10.0 Å². The number of hydrogen-bond donors (Lipinski definition) is 1. The Balaban J connectivity index is 1.57. The monoisotopic (exact) mass is 323 g/mol. The van der Waals surface area contributed by atoms with Crippen LogP contribution in [0.5, 0.6) is 0 Å². The molecule has 1 saturated heterocycles. The largest absolute Gasteiger partial charge is 0.481 e. The molecule has 0 aromatic heterocycles. The molecule has 0 saturated carbocycles. The number of hydrogen-bond acceptors (Lipinski definition) is 2. The maximum absolute atomic E-state index is 11.9. The molecule has 1 fully saturated rings. The van der Waals surface area contributed by atoms with Crippen molar-refractivity contribution >= 4 is 5.97 Å². The Morgan fingerprint density at radius 2 is 1.46 bits per heavy atom. The molecule has 3 rings (SSSR count). The molecule has 1 N–H and O–H groups in total. The second-order valence-electron chi connectivity index (χ2n) is 6.83. The average Bonchev–Trinajstić information content (AvgIpc) is 2.63. The lowest BCUT2D eigenvalue weighted by Gasteiger charge is -2.39. The molecule has 0 aliphatic carbocycles. The van der Waals surface area contributed by atoms with Crippen molar-refractivity contribution in [3.8, 4) is 0 Å². The van der Waals surface area contributed by atoms with Crippen LogP contribution in [0.15, 0.2) is 60.7 Å². The lowest BCUT2D eigenvalue weighted by molar-refractivity contribution is -0.152. The normalized spacial score (nSPS) is 17.5. The van der Waals surface area contributed by atoms with Gasteiger partial charge in [0.2, 0.25) is 0 Å². The third-order valence-corrected chi connectivity index (χ3v) is 5.21. The zero-order valence-corrected chi connectivity index (χ0v) is 14.0. The maximum Gasteiger partial charge on any atom is 0.310 e. The topological polar surface area (TPSA) is 40.5 Å². The summed E-state index contributed by atoms with van der Waals surface area (Å²) < 4.78 is 0. The van der Waals surface area contributed by atoms with E-state index in [0.29, 0.717) is 6.42 Å². The van der Waals surface area contributed by atoms with Crippen LogP contribution in [0.25, 0.3) is 0 Å². The summed E-state index contributed by atoms with van der Waals surface area (Å²) in [5.41, 5.74) is 1.86. The molecule has 1 aliphatic heterocycles. The number of aliphatic carboxylic acids is 1. The van der Waals surface area contributed by atoms with Crippen molar-refractivity contribution in [2.24, 2.45) is 5.41 Å². The van der Waals surface area contributed by atoms with E-state index in [9.17, 15) is 9.90 Å². The van der Waals surface area contributed by atoms with Crippen LogP contribution in [0.4, 0.5) is 0 Å². The molecule has 0 atom stereocenters. The van der Waals surface area contributed by atoms with E-state index in [-0.39, 0.29) is 0 Å². The second kappa shape index (κ2) is 7.63. The van der Waals surface area contributed by atoms with Crippen molar-refractivity contribution in [3.63, 3.8) is 0 Å². The number of carboxylic acids is 1. The van der Waals surface area contributed by atoms with Crippen molar-refractivity contribution in [1.29, 1.82) is 0 Å². The fourth-order valence-corrected chi connectivity index (χ4v) is 3.59. The number of carbonyl (C=O) groups is 1. The highest BCUT2D eigenvalue weighted by Crippen LogP contribution is 2.35. The van der Waals surface area contributed by atoms with Crippen LogP contribution in [-0.4, -0.2) is 35.6 Å². The van der Waals surface area contributed by atoms with Crippen molar-refractivity contribution in [2.75, 3.05) is 19.6 Å². The molecule has 2 aromatic carbocycles. The summed E-state index contributed by atoms with van der Waals surface area (Å²) >= 11 is 0. The molecule has 0 radical (unpaired) electrons. The first kappa shape index (κ1) is 16.7. The number of nitrogens with zero attached hydrogens (tertiary/aromatic N) is 1. The van der Waals surface area contributed by atoms with Crippen molar-refractivity contribution in [1.82, 2.24) is 4.90 Å². The third kappa shape index (κ3) is 4.04. The smallest absolute Gasteiger partial charge is 0.310 e. The van der Waals surface area contributed by atoms with Crippen molar-refractivity contribution < 1.29 is 9.90 Å². The van der Waals surface area contributed by atoms with Gasteiger partial charge in [-0.05, 0) is 49.9 Å². The van der Waals surface area contributed by atoms with Crippen LogP contribution in [0, 0.1) is 5.41 Å². The van der Waals surface area contributed by atoms with E-state index in [1.165, 1.54) is 5.56 Å². The first-order valence-electron chi connectivity index (χ1n) is 8.72. The molecule has 0 amide bonds. The van der Waals surface area contributed by atoms with Crippen molar-refractivity contribution in [2.45, 2.75) is 25.7 Å². The molecule has 126 valence electrons. The Hall–Kier alpha value is -2.13. The fraction of sp³-hybridized carbons (Fsp3) is 0.381. The van der Waals surface area contributed by atoms with E-state index < -0.39 is 11.4 Å². The van der Waals surface area contributed by atoms with Gasteiger partial charge in [-0.1, -0.05) is 60.7 Å². The summed E-state index contributed by atoms with van der Waals surface area (Å²) in [6, 6.07) is 20.5. The van der Waals surface area contributed by atoms with Gasteiger partial charge in [0.05, 0.1) is 5.41 Å². The lowest BCUT2D eigenvalue weighted by Crippen LogP contribution is -2.46. The van der Waals surface area contributed by atoms with E-state index >= 15 is 0 Å². The predicted molar refractivity (Wildman–Crippen MR) is 96.0 cm³/mol. The minimum absolute atomic E-state index is 0.607. The van der Waals surface area contributed by atoms with E-state index in [2.05, 4.69) is 29.2 Å². The summed E-state index contributed by atoms with van der Waals surface area (Å²) in [6.07, 6.45) is 3.12. The highest BCUT2D eigenvalue weighted by atomic mass is 16.4. The number of benzene rings is 2. The molecule has 3 heteroatoms. The molecule has 24 heavy (non-hydrogen) atoms. The van der Waals surface area contributed by atoms with Crippen LogP contribution in [0.2, 0.25) is 0 Å². The van der Waals surface area contributed by atoms with Gasteiger partial charge in [0.25, 0.3) is 0 Å². The lowest BCUT2D eigenvalue weighted by atomic mass is 9.74. The fourth-order valence-electron chi connectivity index (χ4n) is 3.59. The number of piperidine rings is 1. The van der Waals surface area contributed by atoms with Gasteiger partial charge in [0.1, 0.15) is 0 Å². The Morgan fingerprint density at radius 1 is 0.917 bits per heavy atom.